The summed E-state index contributed by atoms with van der Waals surface area (Å²) in [6, 6.07) is 3.63. The lowest BCUT2D eigenvalue weighted by molar-refractivity contribution is -0.121. The van der Waals surface area contributed by atoms with Crippen molar-refractivity contribution in [2.24, 2.45) is 0 Å². The average molecular weight is 274 g/mol. The Labute approximate surface area is 117 Å². The lowest BCUT2D eigenvalue weighted by atomic mass is 10.4. The Balaban J connectivity index is 1.98. The molecule has 0 aliphatic heterocycles. The van der Waals surface area contributed by atoms with Gasteiger partial charge in [-0.1, -0.05) is 0 Å². The lowest BCUT2D eigenvalue weighted by Crippen LogP contribution is -2.20. The second-order valence-electron chi connectivity index (χ2n) is 4.66. The number of ether oxygens (including phenoxy) is 1. The van der Waals surface area contributed by atoms with Crippen molar-refractivity contribution < 1.29 is 9.53 Å². The molecular weight excluding hydrogens is 256 g/mol. The second kappa shape index (κ2) is 6.29. The van der Waals surface area contributed by atoms with Crippen LogP contribution in [-0.2, 0) is 9.53 Å². The van der Waals surface area contributed by atoms with Crippen molar-refractivity contribution in [3.63, 3.8) is 0 Å². The predicted molar refractivity (Wildman–Crippen MR) is 75.8 cm³/mol. The summed E-state index contributed by atoms with van der Waals surface area (Å²) in [5.41, 5.74) is 0.642. The molecule has 0 saturated heterocycles. The van der Waals surface area contributed by atoms with Crippen LogP contribution in [0.1, 0.15) is 19.7 Å². The minimum absolute atomic E-state index is 0.0328. The van der Waals surface area contributed by atoms with E-state index < -0.39 is 0 Å². The summed E-state index contributed by atoms with van der Waals surface area (Å²) in [6.07, 6.45) is 5.20. The SMILES string of the molecule is Cc1nccn1-c1ccc(NC(=O)COC(C)C)cn1. The molecule has 0 atom stereocenters. The first-order valence-corrected chi connectivity index (χ1v) is 6.44. The van der Waals surface area contributed by atoms with E-state index in [0.717, 1.165) is 11.6 Å². The molecule has 0 spiro atoms. The first-order chi connectivity index (χ1) is 9.56. The van der Waals surface area contributed by atoms with Gasteiger partial charge in [0.1, 0.15) is 18.2 Å². The number of aryl methyl sites for hydroxylation is 1. The summed E-state index contributed by atoms with van der Waals surface area (Å²) >= 11 is 0. The minimum atomic E-state index is -0.188. The number of nitrogens with zero attached hydrogens (tertiary/aromatic N) is 3. The zero-order valence-corrected chi connectivity index (χ0v) is 11.8. The third kappa shape index (κ3) is 3.64. The van der Waals surface area contributed by atoms with E-state index in [4.69, 9.17) is 4.74 Å². The van der Waals surface area contributed by atoms with E-state index in [9.17, 15) is 4.79 Å². The molecule has 0 unspecified atom stereocenters. The van der Waals surface area contributed by atoms with Crippen LogP contribution in [0.2, 0.25) is 0 Å². The number of pyridine rings is 1. The maximum Gasteiger partial charge on any atom is 0.250 e. The maximum atomic E-state index is 11.6. The van der Waals surface area contributed by atoms with Crippen LogP contribution in [0, 0.1) is 6.92 Å². The molecule has 1 N–H and O–H groups in total. The van der Waals surface area contributed by atoms with Gasteiger partial charge in [0.05, 0.1) is 18.0 Å². The highest BCUT2D eigenvalue weighted by Crippen LogP contribution is 2.11. The van der Waals surface area contributed by atoms with Crippen LogP contribution < -0.4 is 5.32 Å². The molecule has 2 rings (SSSR count). The van der Waals surface area contributed by atoms with Crippen molar-refractivity contribution in [2.75, 3.05) is 11.9 Å². The first-order valence-electron chi connectivity index (χ1n) is 6.44. The highest BCUT2D eigenvalue weighted by molar-refractivity contribution is 5.91. The molecule has 2 heterocycles. The number of hydrogen-bond acceptors (Lipinski definition) is 4. The monoisotopic (exact) mass is 274 g/mol. The molecule has 0 saturated carbocycles. The zero-order valence-electron chi connectivity index (χ0n) is 11.8. The number of carbonyl (C=O) groups is 1. The molecule has 106 valence electrons. The molecule has 20 heavy (non-hydrogen) atoms. The maximum absolute atomic E-state index is 11.6. The fourth-order valence-electron chi connectivity index (χ4n) is 1.66. The van der Waals surface area contributed by atoms with Gasteiger partial charge in [0, 0.05) is 12.4 Å². The highest BCUT2D eigenvalue weighted by atomic mass is 16.5. The van der Waals surface area contributed by atoms with Crippen molar-refractivity contribution in [1.29, 1.82) is 0 Å². The van der Waals surface area contributed by atoms with Crippen LogP contribution >= 0.6 is 0 Å². The van der Waals surface area contributed by atoms with Gasteiger partial charge >= 0.3 is 0 Å². The van der Waals surface area contributed by atoms with Gasteiger partial charge in [-0.25, -0.2) is 9.97 Å². The molecule has 2 aromatic rings. The molecule has 0 aliphatic rings. The Bertz CT molecular complexity index is 575. The third-order valence-corrected chi connectivity index (χ3v) is 2.65. The summed E-state index contributed by atoms with van der Waals surface area (Å²) in [6.45, 7) is 5.72. The summed E-state index contributed by atoms with van der Waals surface area (Å²) < 4.78 is 7.10. The molecule has 0 bridgehead atoms. The summed E-state index contributed by atoms with van der Waals surface area (Å²) in [5.74, 6) is 1.43. The van der Waals surface area contributed by atoms with E-state index >= 15 is 0 Å². The molecule has 2 aromatic heterocycles. The summed E-state index contributed by atoms with van der Waals surface area (Å²) in [4.78, 5) is 20.0. The molecule has 0 aliphatic carbocycles. The van der Waals surface area contributed by atoms with E-state index in [1.165, 1.54) is 0 Å². The van der Waals surface area contributed by atoms with E-state index in [0.29, 0.717) is 5.69 Å². The van der Waals surface area contributed by atoms with Crippen LogP contribution in [0.25, 0.3) is 5.82 Å². The van der Waals surface area contributed by atoms with Crippen LogP contribution in [0.5, 0.6) is 0 Å². The Hall–Kier alpha value is -2.21. The highest BCUT2D eigenvalue weighted by Gasteiger charge is 2.06. The Morgan fingerprint density at radius 2 is 2.20 bits per heavy atom. The topological polar surface area (TPSA) is 69.0 Å². The molecule has 6 heteroatoms. The van der Waals surface area contributed by atoms with Gasteiger partial charge in [-0.2, -0.15) is 0 Å². The Morgan fingerprint density at radius 3 is 2.75 bits per heavy atom. The summed E-state index contributed by atoms with van der Waals surface area (Å²) in [5, 5.41) is 2.73. The molecule has 6 nitrogen and oxygen atoms in total. The van der Waals surface area contributed by atoms with Gasteiger partial charge in [0.15, 0.2) is 0 Å². The quantitative estimate of drug-likeness (QED) is 0.904. The number of amides is 1. The fourth-order valence-corrected chi connectivity index (χ4v) is 1.66. The van der Waals surface area contributed by atoms with Crippen LogP contribution in [0.3, 0.4) is 0 Å². The van der Waals surface area contributed by atoms with E-state index in [2.05, 4.69) is 15.3 Å². The first kappa shape index (κ1) is 14.2. The molecule has 0 radical (unpaired) electrons. The number of carbonyl (C=O) groups excluding carboxylic acids is 1. The number of aromatic nitrogens is 3. The predicted octanol–water partition coefficient (Wildman–Crippen LogP) is 1.94. The van der Waals surface area contributed by atoms with Crippen molar-refractivity contribution in [1.82, 2.24) is 14.5 Å². The normalized spacial score (nSPS) is 10.8. The van der Waals surface area contributed by atoms with Crippen LogP contribution in [-0.4, -0.2) is 33.2 Å². The zero-order chi connectivity index (χ0) is 14.5. The van der Waals surface area contributed by atoms with Gasteiger partial charge in [-0.15, -0.1) is 0 Å². The molecule has 0 aromatic carbocycles. The minimum Gasteiger partial charge on any atom is -0.369 e. The standard InChI is InChI=1S/C14H18N4O2/c1-10(2)20-9-14(19)17-12-4-5-13(16-8-12)18-7-6-15-11(18)3/h4-8,10H,9H2,1-3H3,(H,17,19). The largest absolute Gasteiger partial charge is 0.369 e. The van der Waals surface area contributed by atoms with E-state index in [-0.39, 0.29) is 18.6 Å². The van der Waals surface area contributed by atoms with Crippen molar-refractivity contribution >= 4 is 11.6 Å². The smallest absolute Gasteiger partial charge is 0.250 e. The molecule has 0 fully saturated rings. The van der Waals surface area contributed by atoms with Crippen LogP contribution in [0.15, 0.2) is 30.7 Å². The van der Waals surface area contributed by atoms with E-state index in [1.54, 1.807) is 18.5 Å². The van der Waals surface area contributed by atoms with Gasteiger partial charge in [-0.05, 0) is 32.9 Å². The third-order valence-electron chi connectivity index (χ3n) is 2.65. The Morgan fingerprint density at radius 1 is 1.40 bits per heavy atom. The number of imidazole rings is 1. The second-order valence-corrected chi connectivity index (χ2v) is 4.66. The van der Waals surface area contributed by atoms with Gasteiger partial charge in [0.2, 0.25) is 5.91 Å². The van der Waals surface area contributed by atoms with Crippen molar-refractivity contribution in [3.05, 3.63) is 36.5 Å². The molecule has 1 amide bonds. The van der Waals surface area contributed by atoms with Gasteiger partial charge in [0.25, 0.3) is 0 Å². The Kier molecular flexibility index (Phi) is 4.47. The summed E-state index contributed by atoms with van der Waals surface area (Å²) in [7, 11) is 0. The molecular formula is C14H18N4O2. The number of hydrogen-bond donors (Lipinski definition) is 1. The fraction of sp³-hybridized carbons (Fsp3) is 0.357. The number of rotatable bonds is 5. The van der Waals surface area contributed by atoms with E-state index in [1.807, 2.05) is 37.6 Å². The number of nitrogens with one attached hydrogen (secondary N) is 1. The average Bonchev–Trinajstić information content (AvgIpc) is 2.84. The van der Waals surface area contributed by atoms with Gasteiger partial charge < -0.3 is 10.1 Å². The van der Waals surface area contributed by atoms with Crippen molar-refractivity contribution in [2.45, 2.75) is 26.9 Å². The lowest BCUT2D eigenvalue weighted by Gasteiger charge is -2.09. The van der Waals surface area contributed by atoms with Crippen LogP contribution in [0.4, 0.5) is 5.69 Å². The van der Waals surface area contributed by atoms with Crippen molar-refractivity contribution in [3.8, 4) is 5.82 Å². The number of anilines is 1. The van der Waals surface area contributed by atoms with Gasteiger partial charge in [-0.3, -0.25) is 9.36 Å².